The maximum absolute atomic E-state index is 9.73. The Morgan fingerprint density at radius 1 is 1.25 bits per heavy atom. The van der Waals surface area contributed by atoms with Gasteiger partial charge in [-0.25, -0.2) is 0 Å². The van der Waals surface area contributed by atoms with Crippen LogP contribution in [-0.2, 0) is 14.2 Å². The molecular weight excluding hydrogens is 220 g/mol. The van der Waals surface area contributed by atoms with Gasteiger partial charge in [-0.05, 0) is 6.92 Å². The van der Waals surface area contributed by atoms with E-state index in [9.17, 15) is 20.4 Å². The fraction of sp³-hybridized carbons (Fsp3) is 1.00. The summed E-state index contributed by atoms with van der Waals surface area (Å²) < 4.78 is 15.1. The van der Waals surface area contributed by atoms with Gasteiger partial charge in [-0.1, -0.05) is 0 Å². The smallest absolute Gasteiger partial charge is 0.223 e. The number of rotatable bonds is 4. The number of hydrogen-bond acceptors (Lipinski definition) is 7. The van der Waals surface area contributed by atoms with Crippen LogP contribution in [0.4, 0.5) is 0 Å². The van der Waals surface area contributed by atoms with E-state index in [1.807, 2.05) is 0 Å². The third-order valence-electron chi connectivity index (χ3n) is 2.56. The molecule has 1 saturated heterocycles. The maximum atomic E-state index is 9.73. The van der Waals surface area contributed by atoms with Crippen molar-refractivity contribution >= 4 is 0 Å². The number of hydrogen-bond donors (Lipinski definition) is 4. The zero-order valence-electron chi connectivity index (χ0n) is 9.24. The fourth-order valence-corrected chi connectivity index (χ4v) is 1.67. The minimum Gasteiger partial charge on any atom is -0.391 e. The molecule has 0 aromatic heterocycles. The van der Waals surface area contributed by atoms with Crippen LogP contribution in [0.5, 0.6) is 0 Å². The zero-order valence-corrected chi connectivity index (χ0v) is 9.24. The van der Waals surface area contributed by atoms with Crippen LogP contribution in [0, 0.1) is 0 Å². The summed E-state index contributed by atoms with van der Waals surface area (Å²) in [5, 5.41) is 38.0. The Hall–Kier alpha value is -0.280. The second-order valence-corrected chi connectivity index (χ2v) is 3.55. The lowest BCUT2D eigenvalue weighted by Gasteiger charge is -2.46. The first-order chi connectivity index (χ1) is 7.52. The summed E-state index contributed by atoms with van der Waals surface area (Å²) in [5.74, 6) is -1.77. The predicted molar refractivity (Wildman–Crippen MR) is 51.3 cm³/mol. The standard InChI is InChI=1S/C9H18O7/c1-3-15-9(4-10)7(13)5(11)6(12)8(14-2)16-9/h5-8,10-13H,3-4H2,1-2H3/t5-,6+,7-,8+,9?/m1/s1. The van der Waals surface area contributed by atoms with E-state index in [1.54, 1.807) is 6.92 Å². The van der Waals surface area contributed by atoms with E-state index in [0.717, 1.165) is 0 Å². The highest BCUT2D eigenvalue weighted by Gasteiger charge is 2.54. The molecule has 1 rings (SSSR count). The second kappa shape index (κ2) is 5.37. The van der Waals surface area contributed by atoms with Gasteiger partial charge in [0, 0.05) is 13.7 Å². The lowest BCUT2D eigenvalue weighted by atomic mass is 9.96. The largest absolute Gasteiger partial charge is 0.391 e. The van der Waals surface area contributed by atoms with Crippen LogP contribution >= 0.6 is 0 Å². The Labute approximate surface area is 93.2 Å². The normalized spacial score (nSPS) is 44.6. The third kappa shape index (κ3) is 2.21. The molecule has 1 fully saturated rings. The fourth-order valence-electron chi connectivity index (χ4n) is 1.67. The molecule has 0 radical (unpaired) electrons. The Balaban J connectivity index is 2.91. The summed E-state index contributed by atoms with van der Waals surface area (Å²) in [6, 6.07) is 0. The summed E-state index contributed by atoms with van der Waals surface area (Å²) in [4.78, 5) is 0. The molecule has 1 unspecified atom stereocenters. The van der Waals surface area contributed by atoms with Crippen LogP contribution in [-0.4, -0.2) is 71.1 Å². The van der Waals surface area contributed by atoms with Crippen molar-refractivity contribution in [3.8, 4) is 0 Å². The maximum Gasteiger partial charge on any atom is 0.223 e. The molecule has 1 heterocycles. The van der Waals surface area contributed by atoms with E-state index in [0.29, 0.717) is 0 Å². The van der Waals surface area contributed by atoms with Crippen LogP contribution in [0.1, 0.15) is 6.92 Å². The van der Waals surface area contributed by atoms with Crippen molar-refractivity contribution in [2.75, 3.05) is 20.3 Å². The van der Waals surface area contributed by atoms with E-state index in [4.69, 9.17) is 14.2 Å². The van der Waals surface area contributed by atoms with Gasteiger partial charge in [0.1, 0.15) is 24.9 Å². The summed E-state index contributed by atoms with van der Waals surface area (Å²) in [6.45, 7) is 1.15. The molecule has 0 amide bonds. The zero-order chi connectivity index (χ0) is 12.3. The van der Waals surface area contributed by atoms with Crippen molar-refractivity contribution in [1.82, 2.24) is 0 Å². The van der Waals surface area contributed by atoms with Crippen LogP contribution in [0.25, 0.3) is 0 Å². The highest BCUT2D eigenvalue weighted by Crippen LogP contribution is 2.31. The van der Waals surface area contributed by atoms with E-state index >= 15 is 0 Å². The van der Waals surface area contributed by atoms with Crippen molar-refractivity contribution in [3.63, 3.8) is 0 Å². The molecule has 0 bridgehead atoms. The van der Waals surface area contributed by atoms with Crippen LogP contribution in [0.3, 0.4) is 0 Å². The van der Waals surface area contributed by atoms with Gasteiger partial charge in [-0.2, -0.15) is 0 Å². The van der Waals surface area contributed by atoms with Crippen molar-refractivity contribution < 1.29 is 34.6 Å². The quantitative estimate of drug-likeness (QED) is 0.440. The lowest BCUT2D eigenvalue weighted by Crippen LogP contribution is -2.67. The van der Waals surface area contributed by atoms with E-state index in [1.165, 1.54) is 7.11 Å². The average molecular weight is 238 g/mol. The first kappa shape index (κ1) is 13.8. The third-order valence-corrected chi connectivity index (χ3v) is 2.56. The molecule has 0 aromatic rings. The number of aliphatic hydroxyl groups is 4. The molecule has 5 atom stereocenters. The Kier molecular flexibility index (Phi) is 4.62. The molecule has 4 N–H and O–H groups in total. The highest BCUT2D eigenvalue weighted by atomic mass is 16.8. The van der Waals surface area contributed by atoms with Crippen LogP contribution in [0.15, 0.2) is 0 Å². The Morgan fingerprint density at radius 3 is 2.31 bits per heavy atom. The molecular formula is C9H18O7. The van der Waals surface area contributed by atoms with Gasteiger partial charge in [0.25, 0.3) is 0 Å². The first-order valence-electron chi connectivity index (χ1n) is 5.02. The molecule has 7 nitrogen and oxygen atoms in total. The molecule has 0 saturated carbocycles. The first-order valence-corrected chi connectivity index (χ1v) is 5.02. The minimum absolute atomic E-state index is 0.164. The number of methoxy groups -OCH3 is 1. The molecule has 0 aromatic carbocycles. The van der Waals surface area contributed by atoms with Gasteiger partial charge in [-0.15, -0.1) is 0 Å². The van der Waals surface area contributed by atoms with E-state index in [-0.39, 0.29) is 6.61 Å². The van der Waals surface area contributed by atoms with Gasteiger partial charge in [0.05, 0.1) is 0 Å². The molecule has 1 aliphatic heterocycles. The summed E-state index contributed by atoms with van der Waals surface area (Å²) in [5.41, 5.74) is 0. The van der Waals surface area contributed by atoms with Gasteiger partial charge in [0.2, 0.25) is 5.79 Å². The van der Waals surface area contributed by atoms with E-state index < -0.39 is 37.0 Å². The second-order valence-electron chi connectivity index (χ2n) is 3.55. The molecule has 0 aliphatic carbocycles. The summed E-state index contributed by atoms with van der Waals surface area (Å²) in [7, 11) is 1.27. The Morgan fingerprint density at radius 2 is 1.88 bits per heavy atom. The molecule has 1 aliphatic rings. The lowest BCUT2D eigenvalue weighted by molar-refractivity contribution is -0.404. The van der Waals surface area contributed by atoms with Gasteiger partial charge >= 0.3 is 0 Å². The van der Waals surface area contributed by atoms with Gasteiger partial charge in [-0.3, -0.25) is 0 Å². The monoisotopic (exact) mass is 238 g/mol. The van der Waals surface area contributed by atoms with Crippen molar-refractivity contribution in [2.45, 2.75) is 37.3 Å². The molecule has 7 heteroatoms. The number of aliphatic hydroxyl groups excluding tert-OH is 4. The van der Waals surface area contributed by atoms with Gasteiger partial charge in [0.15, 0.2) is 6.29 Å². The van der Waals surface area contributed by atoms with Gasteiger partial charge < -0.3 is 34.6 Å². The highest BCUT2D eigenvalue weighted by molar-refractivity contribution is 4.94. The molecule has 0 spiro atoms. The average Bonchev–Trinajstić information content (AvgIpc) is 2.30. The van der Waals surface area contributed by atoms with Crippen molar-refractivity contribution in [2.24, 2.45) is 0 Å². The summed E-state index contributed by atoms with van der Waals surface area (Å²) >= 11 is 0. The molecule has 16 heavy (non-hydrogen) atoms. The minimum atomic E-state index is -1.77. The SMILES string of the molecule is CCOC1(CO)O[C@H](OC)[C@@H](O)[C@@H](O)[C@H]1O. The summed E-state index contributed by atoms with van der Waals surface area (Å²) in [6.07, 6.45) is -5.64. The predicted octanol–water partition coefficient (Wildman–Crippen LogP) is -2.20. The van der Waals surface area contributed by atoms with E-state index in [2.05, 4.69) is 0 Å². The topological polar surface area (TPSA) is 109 Å². The van der Waals surface area contributed by atoms with Crippen molar-refractivity contribution in [3.05, 3.63) is 0 Å². The Bertz CT molecular complexity index is 222. The van der Waals surface area contributed by atoms with Crippen LogP contribution in [0.2, 0.25) is 0 Å². The molecule has 96 valence electrons. The van der Waals surface area contributed by atoms with Crippen LogP contribution < -0.4 is 0 Å². The number of ether oxygens (including phenoxy) is 3. The van der Waals surface area contributed by atoms with Crippen molar-refractivity contribution in [1.29, 1.82) is 0 Å².